The lowest BCUT2D eigenvalue weighted by Crippen LogP contribution is -2.01. The molecule has 0 aromatic heterocycles. The highest BCUT2D eigenvalue weighted by Gasteiger charge is 2.02. The van der Waals surface area contributed by atoms with Crippen LogP contribution in [-0.2, 0) is 4.74 Å². The fraction of sp³-hybridized carbons (Fsp3) is 0.556. The average Bonchev–Trinajstić information content (AvgIpc) is 2.04. The molecule has 0 saturated heterocycles. The molecular formula is C9H14O2. The van der Waals surface area contributed by atoms with E-state index in [2.05, 4.69) is 13.0 Å². The normalized spacial score (nSPS) is 17.3. The fourth-order valence-corrected chi connectivity index (χ4v) is 1.02. The number of hydrogen-bond donors (Lipinski definition) is 1. The zero-order valence-corrected chi connectivity index (χ0v) is 6.84. The second kappa shape index (κ2) is 4.19. The van der Waals surface area contributed by atoms with E-state index in [1.165, 1.54) is 5.57 Å². The molecule has 0 aliphatic heterocycles. The van der Waals surface area contributed by atoms with Crippen molar-refractivity contribution in [3.8, 4) is 0 Å². The number of aliphatic hydroxyl groups excluding tert-OH is 1. The van der Waals surface area contributed by atoms with Crippen LogP contribution in [0.2, 0.25) is 0 Å². The Morgan fingerprint density at radius 2 is 2.27 bits per heavy atom. The summed E-state index contributed by atoms with van der Waals surface area (Å²) in [6.45, 7) is 2.62. The van der Waals surface area contributed by atoms with Crippen LogP contribution in [0.25, 0.3) is 0 Å². The van der Waals surface area contributed by atoms with Crippen LogP contribution in [0.5, 0.6) is 0 Å². The summed E-state index contributed by atoms with van der Waals surface area (Å²) in [5.74, 6) is 0.990. The largest absolute Gasteiger partial charge is 0.496 e. The molecule has 0 atom stereocenters. The molecule has 2 heteroatoms. The van der Waals surface area contributed by atoms with Crippen LogP contribution in [0.3, 0.4) is 0 Å². The SMILES string of the molecule is CC1=CC=C(OCCO)CC1. The van der Waals surface area contributed by atoms with E-state index in [1.807, 2.05) is 6.08 Å². The molecule has 0 fully saturated rings. The van der Waals surface area contributed by atoms with Gasteiger partial charge in [0, 0.05) is 6.42 Å². The number of allylic oxidation sites excluding steroid dienone is 4. The van der Waals surface area contributed by atoms with Crippen LogP contribution in [0.4, 0.5) is 0 Å². The molecule has 0 radical (unpaired) electrons. The molecule has 0 spiro atoms. The Hall–Kier alpha value is -0.760. The predicted octanol–water partition coefficient (Wildman–Crippen LogP) is 1.62. The van der Waals surface area contributed by atoms with Gasteiger partial charge < -0.3 is 9.84 Å². The third-order valence-electron chi connectivity index (χ3n) is 1.70. The van der Waals surface area contributed by atoms with E-state index >= 15 is 0 Å². The van der Waals surface area contributed by atoms with Gasteiger partial charge in [0.2, 0.25) is 0 Å². The van der Waals surface area contributed by atoms with Crippen molar-refractivity contribution in [3.63, 3.8) is 0 Å². The van der Waals surface area contributed by atoms with Gasteiger partial charge in [-0.2, -0.15) is 0 Å². The van der Waals surface area contributed by atoms with E-state index in [1.54, 1.807) is 0 Å². The van der Waals surface area contributed by atoms with Gasteiger partial charge in [-0.25, -0.2) is 0 Å². The van der Waals surface area contributed by atoms with E-state index in [9.17, 15) is 0 Å². The van der Waals surface area contributed by atoms with Gasteiger partial charge in [0.1, 0.15) is 6.61 Å². The lowest BCUT2D eigenvalue weighted by atomic mass is 10.1. The average molecular weight is 154 g/mol. The van der Waals surface area contributed by atoms with E-state index in [0.717, 1.165) is 18.6 Å². The Kier molecular flexibility index (Phi) is 3.17. The molecule has 0 heterocycles. The summed E-state index contributed by atoms with van der Waals surface area (Å²) in [7, 11) is 0. The number of aliphatic hydroxyl groups is 1. The Bertz CT molecular complexity index is 180. The molecular weight excluding hydrogens is 140 g/mol. The Balaban J connectivity index is 2.35. The van der Waals surface area contributed by atoms with Crippen LogP contribution in [-0.4, -0.2) is 18.3 Å². The smallest absolute Gasteiger partial charge is 0.111 e. The summed E-state index contributed by atoms with van der Waals surface area (Å²) in [6.07, 6.45) is 6.10. The summed E-state index contributed by atoms with van der Waals surface area (Å²) in [5, 5.41) is 8.48. The van der Waals surface area contributed by atoms with Crippen molar-refractivity contribution in [3.05, 3.63) is 23.5 Å². The van der Waals surface area contributed by atoms with Crippen molar-refractivity contribution in [2.24, 2.45) is 0 Å². The van der Waals surface area contributed by atoms with Gasteiger partial charge >= 0.3 is 0 Å². The highest BCUT2D eigenvalue weighted by molar-refractivity contribution is 5.19. The minimum absolute atomic E-state index is 0.0973. The molecule has 1 aliphatic carbocycles. The third-order valence-corrected chi connectivity index (χ3v) is 1.70. The lowest BCUT2D eigenvalue weighted by Gasteiger charge is -2.12. The number of rotatable bonds is 3. The summed E-state index contributed by atoms with van der Waals surface area (Å²) < 4.78 is 5.25. The predicted molar refractivity (Wildman–Crippen MR) is 44.1 cm³/mol. The molecule has 1 rings (SSSR count). The highest BCUT2D eigenvalue weighted by atomic mass is 16.5. The summed E-state index contributed by atoms with van der Waals surface area (Å²) >= 11 is 0. The van der Waals surface area contributed by atoms with Gasteiger partial charge in [0.15, 0.2) is 0 Å². The van der Waals surface area contributed by atoms with E-state index < -0.39 is 0 Å². The van der Waals surface area contributed by atoms with Crippen molar-refractivity contribution in [1.82, 2.24) is 0 Å². The van der Waals surface area contributed by atoms with Crippen molar-refractivity contribution in [2.75, 3.05) is 13.2 Å². The Labute approximate surface area is 67.2 Å². The molecule has 0 bridgehead atoms. The Morgan fingerprint density at radius 3 is 2.82 bits per heavy atom. The van der Waals surface area contributed by atoms with Crippen LogP contribution < -0.4 is 0 Å². The first-order valence-corrected chi connectivity index (χ1v) is 3.93. The summed E-state index contributed by atoms with van der Waals surface area (Å²) in [6, 6.07) is 0. The molecule has 0 saturated carbocycles. The lowest BCUT2D eigenvalue weighted by molar-refractivity contribution is 0.139. The second-order valence-electron chi connectivity index (χ2n) is 2.72. The maximum absolute atomic E-state index is 8.48. The van der Waals surface area contributed by atoms with Crippen molar-refractivity contribution >= 4 is 0 Å². The monoisotopic (exact) mass is 154 g/mol. The molecule has 0 unspecified atom stereocenters. The molecule has 0 aromatic rings. The first kappa shape index (κ1) is 8.34. The summed E-state index contributed by atoms with van der Waals surface area (Å²) in [5.41, 5.74) is 1.39. The molecule has 1 aliphatic rings. The quantitative estimate of drug-likeness (QED) is 0.669. The van der Waals surface area contributed by atoms with Crippen molar-refractivity contribution in [1.29, 1.82) is 0 Å². The molecule has 0 aromatic carbocycles. The van der Waals surface area contributed by atoms with Crippen LogP contribution >= 0.6 is 0 Å². The first-order chi connectivity index (χ1) is 5.33. The maximum Gasteiger partial charge on any atom is 0.111 e. The second-order valence-corrected chi connectivity index (χ2v) is 2.72. The van der Waals surface area contributed by atoms with E-state index in [-0.39, 0.29) is 6.61 Å². The van der Waals surface area contributed by atoms with Crippen LogP contribution in [0.15, 0.2) is 23.5 Å². The van der Waals surface area contributed by atoms with E-state index in [0.29, 0.717) is 6.61 Å². The first-order valence-electron chi connectivity index (χ1n) is 3.93. The minimum Gasteiger partial charge on any atom is -0.496 e. The minimum atomic E-state index is 0.0973. The highest BCUT2D eigenvalue weighted by Crippen LogP contribution is 2.17. The van der Waals surface area contributed by atoms with Gasteiger partial charge in [-0.1, -0.05) is 11.6 Å². The number of ether oxygens (including phenoxy) is 1. The Morgan fingerprint density at radius 1 is 1.45 bits per heavy atom. The molecule has 2 nitrogen and oxygen atoms in total. The van der Waals surface area contributed by atoms with Gasteiger partial charge in [-0.15, -0.1) is 0 Å². The van der Waals surface area contributed by atoms with Gasteiger partial charge in [-0.05, 0) is 19.4 Å². The van der Waals surface area contributed by atoms with Crippen molar-refractivity contribution < 1.29 is 9.84 Å². The fourth-order valence-electron chi connectivity index (χ4n) is 1.02. The van der Waals surface area contributed by atoms with Crippen LogP contribution in [0, 0.1) is 0 Å². The van der Waals surface area contributed by atoms with Gasteiger partial charge in [-0.3, -0.25) is 0 Å². The third kappa shape index (κ3) is 2.76. The van der Waals surface area contributed by atoms with Gasteiger partial charge in [0.05, 0.1) is 12.4 Å². The molecule has 1 N–H and O–H groups in total. The maximum atomic E-state index is 8.48. The molecule has 11 heavy (non-hydrogen) atoms. The van der Waals surface area contributed by atoms with Gasteiger partial charge in [0.25, 0.3) is 0 Å². The van der Waals surface area contributed by atoms with E-state index in [4.69, 9.17) is 9.84 Å². The van der Waals surface area contributed by atoms with Crippen LogP contribution in [0.1, 0.15) is 19.8 Å². The molecule has 62 valence electrons. The van der Waals surface area contributed by atoms with Crippen molar-refractivity contribution in [2.45, 2.75) is 19.8 Å². The zero-order valence-electron chi connectivity index (χ0n) is 6.84. The topological polar surface area (TPSA) is 29.5 Å². The summed E-state index contributed by atoms with van der Waals surface area (Å²) in [4.78, 5) is 0. The molecule has 0 amide bonds. The number of hydrogen-bond acceptors (Lipinski definition) is 2. The zero-order chi connectivity index (χ0) is 8.10. The standard InChI is InChI=1S/C9H14O2/c1-8-2-4-9(5-3-8)11-7-6-10/h2,4,10H,3,5-7H2,1H3.